The maximum Gasteiger partial charge on any atom is 0.573 e. The molecule has 0 aliphatic rings. The second-order valence-corrected chi connectivity index (χ2v) is 7.97. The van der Waals surface area contributed by atoms with Gasteiger partial charge < -0.3 is 26.6 Å². The fraction of sp³-hybridized carbons (Fsp3) is 0.143. The minimum Gasteiger partial charge on any atom is -0.476 e. The number of carboxylic acid groups (broad SMARTS) is 1. The molecule has 31 heavy (non-hydrogen) atoms. The van der Waals surface area contributed by atoms with Gasteiger partial charge in [-0.05, 0) is 12.1 Å². The first-order chi connectivity index (χ1) is 14.3. The van der Waals surface area contributed by atoms with E-state index in [0.29, 0.717) is 17.4 Å². The second-order valence-electron chi connectivity index (χ2n) is 5.44. The molecule has 1 heterocycles. The summed E-state index contributed by atoms with van der Waals surface area (Å²) in [7, 11) is -4.54. The Balaban J connectivity index is 2.39. The molecule has 0 radical (unpaired) electrons. The number of amides is 1. The van der Waals surface area contributed by atoms with Crippen molar-refractivity contribution in [2.24, 2.45) is 16.5 Å². The van der Waals surface area contributed by atoms with Crippen LogP contribution in [0.3, 0.4) is 0 Å². The first kappa shape index (κ1) is 23.7. The van der Waals surface area contributed by atoms with Gasteiger partial charge in [0, 0.05) is 6.07 Å². The minimum atomic E-state index is -5.22. The summed E-state index contributed by atoms with van der Waals surface area (Å²) in [6.07, 6.45) is -5.22. The average molecular weight is 482 g/mol. The predicted molar refractivity (Wildman–Crippen MR) is 102 cm³/mol. The van der Waals surface area contributed by atoms with Crippen molar-refractivity contribution >= 4 is 49.9 Å². The number of carbonyl (C=O) groups excluding carboxylic acids is 1. The molecular weight excluding hydrogens is 469 g/mol. The number of nitrogens with two attached hydrogens (primary N) is 2. The third kappa shape index (κ3) is 6.71. The van der Waals surface area contributed by atoms with Crippen LogP contribution in [-0.2, 0) is 14.8 Å². The van der Waals surface area contributed by atoms with Crippen molar-refractivity contribution < 1.29 is 41.0 Å². The SMILES string of the molecule is NC(N)=NCC(=O)Nc1ccc(S(=O)(=O)Nc2scnc2C(=O)O)cc1OC(F)(F)F. The van der Waals surface area contributed by atoms with Crippen LogP contribution in [0.4, 0.5) is 23.9 Å². The van der Waals surface area contributed by atoms with E-state index in [-0.39, 0.29) is 5.00 Å². The van der Waals surface area contributed by atoms with Gasteiger partial charge >= 0.3 is 12.3 Å². The summed E-state index contributed by atoms with van der Waals surface area (Å²) in [6, 6.07) is 2.20. The number of sulfonamides is 1. The molecule has 0 atom stereocenters. The van der Waals surface area contributed by atoms with Gasteiger partial charge in [-0.15, -0.1) is 24.5 Å². The number of thiazole rings is 1. The standard InChI is InChI=1S/C14H13F3N6O6S2/c15-14(16,17)29-8-3-6(1-2-7(8)22-9(24)4-20-13(18)19)31(27,28)23-11-10(12(25)26)21-5-30-11/h1-3,5,23H,4H2,(H,22,24)(H,25,26)(H4,18,19,20). The Labute approximate surface area is 175 Å². The van der Waals surface area contributed by atoms with E-state index in [2.05, 4.69) is 20.0 Å². The number of hydrogen-bond acceptors (Lipinski definition) is 8. The van der Waals surface area contributed by atoms with Gasteiger partial charge in [-0.3, -0.25) is 9.52 Å². The molecule has 0 spiro atoms. The van der Waals surface area contributed by atoms with Crippen LogP contribution in [0.25, 0.3) is 0 Å². The maximum atomic E-state index is 12.8. The minimum absolute atomic E-state index is 0.361. The highest BCUT2D eigenvalue weighted by molar-refractivity contribution is 7.93. The van der Waals surface area contributed by atoms with Crippen molar-refractivity contribution in [3.8, 4) is 5.75 Å². The maximum absolute atomic E-state index is 12.8. The number of benzene rings is 1. The van der Waals surface area contributed by atoms with Crippen LogP contribution in [-0.4, -0.2) is 49.3 Å². The van der Waals surface area contributed by atoms with Crippen molar-refractivity contribution in [3.05, 3.63) is 29.4 Å². The molecule has 0 aliphatic carbocycles. The van der Waals surface area contributed by atoms with Crippen LogP contribution in [0, 0.1) is 0 Å². The molecule has 1 amide bonds. The van der Waals surface area contributed by atoms with E-state index in [1.165, 1.54) is 0 Å². The Hall–Kier alpha value is -3.60. The average Bonchev–Trinajstić information content (AvgIpc) is 3.07. The largest absolute Gasteiger partial charge is 0.573 e. The van der Waals surface area contributed by atoms with E-state index in [9.17, 15) is 31.2 Å². The first-order valence-corrected chi connectivity index (χ1v) is 10.1. The Bertz CT molecular complexity index is 1130. The number of carbonyl (C=O) groups is 2. The number of halogens is 3. The van der Waals surface area contributed by atoms with Crippen molar-refractivity contribution in [1.29, 1.82) is 0 Å². The van der Waals surface area contributed by atoms with Gasteiger partial charge in [0.2, 0.25) is 5.91 Å². The number of alkyl halides is 3. The number of aromatic nitrogens is 1. The summed E-state index contributed by atoms with van der Waals surface area (Å²) in [5, 5.41) is 10.7. The molecule has 1 aromatic heterocycles. The summed E-state index contributed by atoms with van der Waals surface area (Å²) in [4.78, 5) is 29.0. The fourth-order valence-corrected chi connectivity index (χ4v) is 3.99. The first-order valence-electron chi connectivity index (χ1n) is 7.73. The van der Waals surface area contributed by atoms with Gasteiger partial charge in [-0.1, -0.05) is 0 Å². The van der Waals surface area contributed by atoms with Crippen molar-refractivity contribution in [3.63, 3.8) is 0 Å². The van der Waals surface area contributed by atoms with E-state index >= 15 is 0 Å². The Morgan fingerprint density at radius 2 is 1.97 bits per heavy atom. The number of hydrogen-bond donors (Lipinski definition) is 5. The molecular formula is C14H13F3N6O6S2. The Morgan fingerprint density at radius 3 is 2.55 bits per heavy atom. The summed E-state index contributed by atoms with van der Waals surface area (Å²) in [5.74, 6) is -3.90. The lowest BCUT2D eigenvalue weighted by Gasteiger charge is -2.15. The monoisotopic (exact) mass is 482 g/mol. The predicted octanol–water partition coefficient (Wildman–Crippen LogP) is 0.753. The van der Waals surface area contributed by atoms with Crippen LogP contribution < -0.4 is 26.2 Å². The highest BCUT2D eigenvalue weighted by Gasteiger charge is 2.33. The van der Waals surface area contributed by atoms with Gasteiger partial charge in [0.1, 0.15) is 11.5 Å². The number of aromatic carboxylic acids is 1. The normalized spacial score (nSPS) is 11.5. The van der Waals surface area contributed by atoms with Crippen molar-refractivity contribution in [2.45, 2.75) is 11.3 Å². The number of nitrogens with one attached hydrogen (secondary N) is 2. The number of aliphatic imine (C=N–C) groups is 1. The molecule has 0 bridgehead atoms. The molecule has 168 valence electrons. The quantitative estimate of drug-likeness (QED) is 0.266. The van der Waals surface area contributed by atoms with Crippen LogP contribution in [0.2, 0.25) is 0 Å². The van der Waals surface area contributed by atoms with E-state index < -0.39 is 62.8 Å². The molecule has 7 N–H and O–H groups in total. The topological polar surface area (TPSA) is 199 Å². The molecule has 0 unspecified atom stereocenters. The molecule has 0 aliphatic heterocycles. The number of ether oxygens (including phenoxy) is 1. The zero-order valence-electron chi connectivity index (χ0n) is 15.0. The molecule has 17 heteroatoms. The molecule has 0 saturated heterocycles. The zero-order chi connectivity index (χ0) is 23.4. The number of guanidine groups is 1. The lowest BCUT2D eigenvalue weighted by molar-refractivity contribution is -0.274. The van der Waals surface area contributed by atoms with Crippen LogP contribution in [0.15, 0.2) is 33.6 Å². The van der Waals surface area contributed by atoms with Gasteiger partial charge in [0.15, 0.2) is 17.4 Å². The highest BCUT2D eigenvalue weighted by atomic mass is 32.2. The summed E-state index contributed by atoms with van der Waals surface area (Å²) < 4.78 is 69.0. The summed E-state index contributed by atoms with van der Waals surface area (Å²) >= 11 is 0.650. The van der Waals surface area contributed by atoms with E-state index in [4.69, 9.17) is 16.6 Å². The van der Waals surface area contributed by atoms with Gasteiger partial charge in [-0.2, -0.15) is 0 Å². The van der Waals surface area contributed by atoms with Crippen LogP contribution in [0.1, 0.15) is 10.5 Å². The molecule has 2 aromatic rings. The molecule has 0 fully saturated rings. The molecule has 1 aromatic carbocycles. The van der Waals surface area contributed by atoms with Crippen LogP contribution >= 0.6 is 11.3 Å². The number of nitrogens with zero attached hydrogens (tertiary/aromatic N) is 2. The van der Waals surface area contributed by atoms with E-state index in [0.717, 1.165) is 17.6 Å². The lowest BCUT2D eigenvalue weighted by atomic mass is 10.3. The van der Waals surface area contributed by atoms with Gasteiger partial charge in [0.05, 0.1) is 16.1 Å². The molecule has 0 saturated carbocycles. The van der Waals surface area contributed by atoms with Crippen LogP contribution in [0.5, 0.6) is 5.75 Å². The molecule has 12 nitrogen and oxygen atoms in total. The Kier molecular flexibility index (Phi) is 6.91. The number of anilines is 2. The number of carboxylic acids is 1. The second kappa shape index (κ2) is 9.04. The fourth-order valence-electron chi connectivity index (χ4n) is 1.99. The number of rotatable bonds is 8. The third-order valence-corrected chi connectivity index (χ3v) is 5.38. The summed E-state index contributed by atoms with van der Waals surface area (Å²) in [6.45, 7) is -0.612. The summed E-state index contributed by atoms with van der Waals surface area (Å²) in [5.41, 5.74) is 10.1. The van der Waals surface area contributed by atoms with Crippen molar-refractivity contribution in [2.75, 3.05) is 16.6 Å². The third-order valence-electron chi connectivity index (χ3n) is 3.17. The smallest absolute Gasteiger partial charge is 0.476 e. The van der Waals surface area contributed by atoms with E-state index in [1.54, 1.807) is 0 Å². The van der Waals surface area contributed by atoms with Gasteiger partial charge in [0.25, 0.3) is 10.0 Å². The Morgan fingerprint density at radius 1 is 1.29 bits per heavy atom. The van der Waals surface area contributed by atoms with Crippen molar-refractivity contribution in [1.82, 2.24) is 4.98 Å². The highest BCUT2D eigenvalue weighted by Crippen LogP contribution is 2.34. The lowest BCUT2D eigenvalue weighted by Crippen LogP contribution is -2.26. The van der Waals surface area contributed by atoms with Gasteiger partial charge in [-0.25, -0.2) is 23.2 Å². The zero-order valence-corrected chi connectivity index (χ0v) is 16.6. The molecule has 2 rings (SSSR count). The van der Waals surface area contributed by atoms with E-state index in [1.807, 2.05) is 4.72 Å².